The largest absolute Gasteiger partial charge is 0.381 e. The second-order valence-corrected chi connectivity index (χ2v) is 5.92. The highest BCUT2D eigenvalue weighted by molar-refractivity contribution is 7.88. The van der Waals surface area contributed by atoms with Crippen molar-refractivity contribution in [3.63, 3.8) is 0 Å². The first-order valence-electron chi connectivity index (χ1n) is 4.99. The summed E-state index contributed by atoms with van der Waals surface area (Å²) in [6, 6.07) is 0.159. The van der Waals surface area contributed by atoms with E-state index in [0.717, 1.165) is 12.8 Å². The number of ether oxygens (including phenoxy) is 1. The van der Waals surface area contributed by atoms with E-state index in [1.165, 1.54) is 6.26 Å². The van der Waals surface area contributed by atoms with Crippen LogP contribution in [0.5, 0.6) is 0 Å². The van der Waals surface area contributed by atoms with Gasteiger partial charge in [0.1, 0.15) is 0 Å². The average Bonchev–Trinajstić information content (AvgIpc) is 2.02. The number of rotatable bonds is 3. The average molecular weight is 221 g/mol. The van der Waals surface area contributed by atoms with Gasteiger partial charge in [0.2, 0.25) is 10.0 Å². The third-order valence-electron chi connectivity index (χ3n) is 2.44. The predicted molar refractivity (Wildman–Crippen MR) is 55.7 cm³/mol. The van der Waals surface area contributed by atoms with E-state index in [1.807, 2.05) is 13.8 Å². The van der Waals surface area contributed by atoms with Crippen LogP contribution in [0.4, 0.5) is 0 Å². The Morgan fingerprint density at radius 1 is 1.29 bits per heavy atom. The van der Waals surface area contributed by atoms with Crippen molar-refractivity contribution in [1.29, 1.82) is 0 Å². The molecule has 1 fully saturated rings. The Morgan fingerprint density at radius 2 is 1.79 bits per heavy atom. The van der Waals surface area contributed by atoms with E-state index in [1.54, 1.807) is 4.31 Å². The van der Waals surface area contributed by atoms with Crippen LogP contribution >= 0.6 is 0 Å². The third-order valence-corrected chi connectivity index (χ3v) is 3.93. The van der Waals surface area contributed by atoms with Crippen molar-refractivity contribution in [2.45, 2.75) is 38.8 Å². The lowest BCUT2D eigenvalue weighted by molar-refractivity contribution is 0.0528. The smallest absolute Gasteiger partial charge is 0.211 e. The van der Waals surface area contributed by atoms with Gasteiger partial charge in [-0.3, -0.25) is 0 Å². The molecule has 0 amide bonds. The lowest BCUT2D eigenvalue weighted by atomic mass is 10.1. The van der Waals surface area contributed by atoms with Gasteiger partial charge in [-0.2, -0.15) is 4.31 Å². The van der Waals surface area contributed by atoms with Gasteiger partial charge in [0.05, 0.1) is 6.26 Å². The molecule has 14 heavy (non-hydrogen) atoms. The van der Waals surface area contributed by atoms with Crippen LogP contribution in [0.1, 0.15) is 26.7 Å². The molecule has 1 aliphatic heterocycles. The maximum absolute atomic E-state index is 11.6. The Balaban J connectivity index is 2.76. The molecule has 0 aromatic carbocycles. The zero-order valence-corrected chi connectivity index (χ0v) is 9.88. The summed E-state index contributed by atoms with van der Waals surface area (Å²) in [5.41, 5.74) is 0. The SMILES string of the molecule is CC(C)N(C1CCOCC1)S(C)(=O)=O. The molecule has 1 heterocycles. The van der Waals surface area contributed by atoms with E-state index in [-0.39, 0.29) is 12.1 Å². The molecule has 0 bridgehead atoms. The van der Waals surface area contributed by atoms with Crippen LogP contribution in [0.15, 0.2) is 0 Å². The molecule has 84 valence electrons. The van der Waals surface area contributed by atoms with E-state index in [9.17, 15) is 8.42 Å². The zero-order chi connectivity index (χ0) is 10.8. The highest BCUT2D eigenvalue weighted by atomic mass is 32.2. The third kappa shape index (κ3) is 2.93. The van der Waals surface area contributed by atoms with Crippen LogP contribution in [0, 0.1) is 0 Å². The van der Waals surface area contributed by atoms with Gasteiger partial charge in [0, 0.05) is 25.3 Å². The lowest BCUT2D eigenvalue weighted by Gasteiger charge is -2.35. The molecule has 0 saturated carbocycles. The van der Waals surface area contributed by atoms with Crippen LogP contribution < -0.4 is 0 Å². The lowest BCUT2D eigenvalue weighted by Crippen LogP contribution is -2.46. The Kier molecular flexibility index (Phi) is 3.92. The van der Waals surface area contributed by atoms with Crippen molar-refractivity contribution in [3.05, 3.63) is 0 Å². The second-order valence-electron chi connectivity index (χ2n) is 4.03. The molecule has 0 atom stereocenters. The van der Waals surface area contributed by atoms with Crippen molar-refractivity contribution in [1.82, 2.24) is 4.31 Å². The van der Waals surface area contributed by atoms with Gasteiger partial charge in [-0.1, -0.05) is 0 Å². The molecule has 4 nitrogen and oxygen atoms in total. The van der Waals surface area contributed by atoms with Gasteiger partial charge in [-0.25, -0.2) is 8.42 Å². The fourth-order valence-electron chi connectivity index (χ4n) is 2.01. The van der Waals surface area contributed by atoms with E-state index < -0.39 is 10.0 Å². The zero-order valence-electron chi connectivity index (χ0n) is 9.06. The van der Waals surface area contributed by atoms with Gasteiger partial charge < -0.3 is 4.74 Å². The van der Waals surface area contributed by atoms with Gasteiger partial charge >= 0.3 is 0 Å². The Bertz CT molecular complexity index is 268. The van der Waals surface area contributed by atoms with Gasteiger partial charge in [0.25, 0.3) is 0 Å². The van der Waals surface area contributed by atoms with Crippen molar-refractivity contribution < 1.29 is 13.2 Å². The summed E-state index contributed by atoms with van der Waals surface area (Å²) in [5, 5.41) is 0. The van der Waals surface area contributed by atoms with Crippen molar-refractivity contribution in [2.24, 2.45) is 0 Å². The monoisotopic (exact) mass is 221 g/mol. The quantitative estimate of drug-likeness (QED) is 0.709. The molecule has 1 saturated heterocycles. The molecule has 5 heteroatoms. The molecule has 1 rings (SSSR count). The first-order valence-corrected chi connectivity index (χ1v) is 6.84. The second kappa shape index (κ2) is 4.59. The van der Waals surface area contributed by atoms with Crippen LogP contribution in [0.25, 0.3) is 0 Å². The summed E-state index contributed by atoms with van der Waals surface area (Å²) in [6.07, 6.45) is 2.90. The van der Waals surface area contributed by atoms with Crippen LogP contribution in [-0.4, -0.2) is 44.3 Å². The van der Waals surface area contributed by atoms with Crippen molar-refractivity contribution in [2.75, 3.05) is 19.5 Å². The molecule has 1 aliphatic rings. The van der Waals surface area contributed by atoms with Gasteiger partial charge in [-0.15, -0.1) is 0 Å². The number of sulfonamides is 1. The molecular formula is C9H19NO3S. The minimum atomic E-state index is -3.09. The molecule has 0 N–H and O–H groups in total. The van der Waals surface area contributed by atoms with Gasteiger partial charge in [0.15, 0.2) is 0 Å². The molecule has 0 unspecified atom stereocenters. The highest BCUT2D eigenvalue weighted by Crippen LogP contribution is 2.19. The maximum Gasteiger partial charge on any atom is 0.211 e. The minimum absolute atomic E-state index is 0.0353. The number of hydrogen-bond acceptors (Lipinski definition) is 3. The van der Waals surface area contributed by atoms with Crippen molar-refractivity contribution in [3.8, 4) is 0 Å². The molecule has 0 aromatic rings. The summed E-state index contributed by atoms with van der Waals surface area (Å²) < 4.78 is 29.9. The highest BCUT2D eigenvalue weighted by Gasteiger charge is 2.30. The standard InChI is InChI=1S/C9H19NO3S/c1-8(2)10(14(3,11)12)9-4-6-13-7-5-9/h8-9H,4-7H2,1-3H3. The summed E-state index contributed by atoms with van der Waals surface area (Å²) in [7, 11) is -3.09. The predicted octanol–water partition coefficient (Wildman–Crippen LogP) is 0.835. The normalized spacial score (nSPS) is 20.6. The van der Waals surface area contributed by atoms with Crippen LogP contribution in [-0.2, 0) is 14.8 Å². The van der Waals surface area contributed by atoms with E-state index in [2.05, 4.69) is 0 Å². The topological polar surface area (TPSA) is 46.6 Å². The number of nitrogens with zero attached hydrogens (tertiary/aromatic N) is 1. The van der Waals surface area contributed by atoms with Gasteiger partial charge in [-0.05, 0) is 26.7 Å². The Hall–Kier alpha value is -0.130. The molecular weight excluding hydrogens is 202 g/mol. The summed E-state index contributed by atoms with van der Waals surface area (Å²) in [4.78, 5) is 0. The maximum atomic E-state index is 11.6. The van der Waals surface area contributed by atoms with Crippen molar-refractivity contribution >= 4 is 10.0 Å². The molecule has 0 aromatic heterocycles. The van der Waals surface area contributed by atoms with Crippen LogP contribution in [0.2, 0.25) is 0 Å². The van der Waals surface area contributed by atoms with Crippen LogP contribution in [0.3, 0.4) is 0 Å². The summed E-state index contributed by atoms with van der Waals surface area (Å²) in [6.45, 7) is 5.17. The first-order chi connectivity index (χ1) is 6.43. The Labute approximate surface area is 86.3 Å². The fraction of sp³-hybridized carbons (Fsp3) is 1.00. The fourth-order valence-corrected chi connectivity index (χ4v) is 3.53. The van der Waals surface area contributed by atoms with E-state index in [0.29, 0.717) is 13.2 Å². The molecule has 0 spiro atoms. The minimum Gasteiger partial charge on any atom is -0.381 e. The van der Waals surface area contributed by atoms with E-state index in [4.69, 9.17) is 4.74 Å². The molecule has 0 aliphatic carbocycles. The first kappa shape index (κ1) is 11.9. The summed E-state index contributed by atoms with van der Waals surface area (Å²) >= 11 is 0. The number of hydrogen-bond donors (Lipinski definition) is 0. The van der Waals surface area contributed by atoms with E-state index >= 15 is 0 Å². The molecule has 0 radical (unpaired) electrons. The summed E-state index contributed by atoms with van der Waals surface area (Å²) in [5.74, 6) is 0. The Morgan fingerprint density at radius 3 is 2.14 bits per heavy atom.